The Morgan fingerprint density at radius 3 is 2.55 bits per heavy atom. The average Bonchev–Trinajstić information content (AvgIpc) is 2.88. The van der Waals surface area contributed by atoms with Crippen molar-refractivity contribution in [1.29, 1.82) is 0 Å². The third kappa shape index (κ3) is 5.56. The maximum atomic E-state index is 12.0. The van der Waals surface area contributed by atoms with Gasteiger partial charge in [-0.05, 0) is 31.7 Å². The van der Waals surface area contributed by atoms with Crippen LogP contribution in [0.5, 0.6) is 0 Å². The minimum atomic E-state index is -0.635. The van der Waals surface area contributed by atoms with Gasteiger partial charge in [0.05, 0.1) is 12.6 Å². The Balaban J connectivity index is 2.55. The number of carbonyl (C=O) groups is 3. The molecule has 0 saturated carbocycles. The van der Waals surface area contributed by atoms with Crippen LogP contribution in [0.15, 0.2) is 0 Å². The lowest BCUT2D eigenvalue weighted by atomic mass is 10.0. The summed E-state index contributed by atoms with van der Waals surface area (Å²) in [5.41, 5.74) is 4.99. The van der Waals surface area contributed by atoms with Crippen molar-refractivity contribution in [2.75, 3.05) is 13.1 Å². The lowest BCUT2D eigenvalue weighted by Crippen LogP contribution is -2.52. The average molecular weight is 284 g/mol. The minimum Gasteiger partial charge on any atom is -0.368 e. The van der Waals surface area contributed by atoms with Gasteiger partial charge in [-0.2, -0.15) is 0 Å². The van der Waals surface area contributed by atoms with Crippen LogP contribution in [-0.2, 0) is 14.4 Å². The molecule has 1 rings (SSSR count). The van der Waals surface area contributed by atoms with Gasteiger partial charge in [-0.25, -0.2) is 0 Å². The first-order valence-electron chi connectivity index (χ1n) is 7.00. The number of primary amides is 1. The monoisotopic (exact) mass is 284 g/mol. The Bertz CT molecular complexity index is 365. The molecule has 0 aromatic rings. The summed E-state index contributed by atoms with van der Waals surface area (Å²) in [6.07, 6.45) is 2.26. The third-order valence-electron chi connectivity index (χ3n) is 3.15. The standard InChI is InChI=1S/C13H24N4O3/c1-8(2)6-10(12(19)16-7-11(14)18)17-13(20)9-4-3-5-15-9/h8-10,15H,3-7H2,1-2H3,(H2,14,18)(H,16,19)(H,17,20)/t9-,10+/m1/s1. The summed E-state index contributed by atoms with van der Waals surface area (Å²) in [7, 11) is 0. The highest BCUT2D eigenvalue weighted by Gasteiger charge is 2.27. The van der Waals surface area contributed by atoms with Crippen LogP contribution in [-0.4, -0.2) is 42.9 Å². The number of hydrogen-bond acceptors (Lipinski definition) is 4. The summed E-state index contributed by atoms with van der Waals surface area (Å²) in [5, 5.41) is 8.27. The number of nitrogens with one attached hydrogen (secondary N) is 3. The van der Waals surface area contributed by atoms with Crippen LogP contribution in [0.1, 0.15) is 33.1 Å². The van der Waals surface area contributed by atoms with Crippen LogP contribution >= 0.6 is 0 Å². The van der Waals surface area contributed by atoms with Crippen molar-refractivity contribution < 1.29 is 14.4 Å². The normalized spacial score (nSPS) is 19.6. The lowest BCUT2D eigenvalue weighted by molar-refractivity contribution is -0.131. The van der Waals surface area contributed by atoms with Gasteiger partial charge in [0.25, 0.3) is 0 Å². The summed E-state index contributed by atoms with van der Waals surface area (Å²) in [5.74, 6) is -0.896. The van der Waals surface area contributed by atoms with Gasteiger partial charge in [0.2, 0.25) is 17.7 Å². The van der Waals surface area contributed by atoms with Crippen LogP contribution in [0.3, 0.4) is 0 Å². The van der Waals surface area contributed by atoms with Crippen molar-refractivity contribution >= 4 is 17.7 Å². The van der Waals surface area contributed by atoms with E-state index in [0.717, 1.165) is 19.4 Å². The van der Waals surface area contributed by atoms with Gasteiger partial charge in [0.15, 0.2) is 0 Å². The number of hydrogen-bond donors (Lipinski definition) is 4. The Morgan fingerprint density at radius 1 is 1.35 bits per heavy atom. The highest BCUT2D eigenvalue weighted by atomic mass is 16.2. The van der Waals surface area contributed by atoms with E-state index in [1.807, 2.05) is 13.8 Å². The van der Waals surface area contributed by atoms with Crippen LogP contribution in [0.25, 0.3) is 0 Å². The van der Waals surface area contributed by atoms with Gasteiger partial charge >= 0.3 is 0 Å². The van der Waals surface area contributed by atoms with Crippen LogP contribution in [0.2, 0.25) is 0 Å². The van der Waals surface area contributed by atoms with Gasteiger partial charge in [0.1, 0.15) is 6.04 Å². The summed E-state index contributed by atoms with van der Waals surface area (Å²) in [6, 6.07) is -0.863. The smallest absolute Gasteiger partial charge is 0.243 e. The zero-order chi connectivity index (χ0) is 15.1. The molecule has 1 aliphatic rings. The van der Waals surface area contributed by atoms with E-state index in [-0.39, 0.29) is 30.3 Å². The molecule has 2 atom stereocenters. The second-order valence-corrected chi connectivity index (χ2v) is 5.52. The lowest BCUT2D eigenvalue weighted by Gasteiger charge is -2.21. The number of carbonyl (C=O) groups excluding carboxylic acids is 3. The van der Waals surface area contributed by atoms with E-state index in [4.69, 9.17) is 5.73 Å². The predicted molar refractivity (Wildman–Crippen MR) is 74.6 cm³/mol. The molecule has 0 aromatic carbocycles. The van der Waals surface area contributed by atoms with Crippen LogP contribution < -0.4 is 21.7 Å². The maximum Gasteiger partial charge on any atom is 0.243 e. The Kier molecular flexibility index (Phi) is 6.44. The van der Waals surface area contributed by atoms with Crippen molar-refractivity contribution in [2.24, 2.45) is 11.7 Å². The molecule has 114 valence electrons. The van der Waals surface area contributed by atoms with Crippen LogP contribution in [0, 0.1) is 5.92 Å². The molecule has 0 bridgehead atoms. The van der Waals surface area contributed by atoms with Gasteiger partial charge in [-0.15, -0.1) is 0 Å². The molecule has 7 nitrogen and oxygen atoms in total. The zero-order valence-corrected chi connectivity index (χ0v) is 12.1. The third-order valence-corrected chi connectivity index (χ3v) is 3.15. The zero-order valence-electron chi connectivity index (χ0n) is 12.1. The highest BCUT2D eigenvalue weighted by molar-refractivity contribution is 5.91. The fraction of sp³-hybridized carbons (Fsp3) is 0.769. The largest absolute Gasteiger partial charge is 0.368 e. The first-order valence-corrected chi connectivity index (χ1v) is 7.00. The molecular weight excluding hydrogens is 260 g/mol. The van der Waals surface area contributed by atoms with E-state index in [2.05, 4.69) is 16.0 Å². The second-order valence-electron chi connectivity index (χ2n) is 5.52. The van der Waals surface area contributed by atoms with E-state index in [9.17, 15) is 14.4 Å². The molecule has 0 aliphatic carbocycles. The molecule has 1 saturated heterocycles. The summed E-state index contributed by atoms with van der Waals surface area (Å²) in [6.45, 7) is 4.54. The molecule has 0 radical (unpaired) electrons. The number of rotatable bonds is 7. The molecule has 7 heteroatoms. The quantitative estimate of drug-likeness (QED) is 0.474. The topological polar surface area (TPSA) is 113 Å². The van der Waals surface area contributed by atoms with Gasteiger partial charge in [-0.1, -0.05) is 13.8 Å². The van der Waals surface area contributed by atoms with Gasteiger partial charge in [-0.3, -0.25) is 14.4 Å². The predicted octanol–water partition coefficient (Wildman–Crippen LogP) is -1.13. The first kappa shape index (κ1) is 16.4. The summed E-state index contributed by atoms with van der Waals surface area (Å²) < 4.78 is 0. The van der Waals surface area contributed by atoms with E-state index in [1.54, 1.807) is 0 Å². The summed E-state index contributed by atoms with van der Waals surface area (Å²) in [4.78, 5) is 34.7. The SMILES string of the molecule is CC(C)C[C@H](NC(=O)[C@H]1CCCN1)C(=O)NCC(N)=O. The maximum absolute atomic E-state index is 12.0. The fourth-order valence-corrected chi connectivity index (χ4v) is 2.18. The fourth-order valence-electron chi connectivity index (χ4n) is 2.18. The Labute approximate surface area is 119 Å². The molecule has 5 N–H and O–H groups in total. The minimum absolute atomic E-state index is 0.164. The molecule has 0 unspecified atom stereocenters. The molecule has 0 spiro atoms. The van der Waals surface area contributed by atoms with Crippen LogP contribution in [0.4, 0.5) is 0 Å². The van der Waals surface area contributed by atoms with Gasteiger partial charge < -0.3 is 21.7 Å². The molecule has 1 aliphatic heterocycles. The number of nitrogens with two attached hydrogens (primary N) is 1. The van der Waals surface area contributed by atoms with Crippen molar-refractivity contribution in [2.45, 2.75) is 45.2 Å². The summed E-state index contributed by atoms with van der Waals surface area (Å²) >= 11 is 0. The Hall–Kier alpha value is -1.63. The van der Waals surface area contributed by atoms with Crippen molar-refractivity contribution in [3.63, 3.8) is 0 Å². The molecule has 1 fully saturated rings. The van der Waals surface area contributed by atoms with Crippen molar-refractivity contribution in [3.8, 4) is 0 Å². The van der Waals surface area contributed by atoms with E-state index < -0.39 is 11.9 Å². The molecule has 3 amide bonds. The molecule has 1 heterocycles. The van der Waals surface area contributed by atoms with E-state index in [1.165, 1.54) is 0 Å². The number of amides is 3. The van der Waals surface area contributed by atoms with Crippen molar-refractivity contribution in [3.05, 3.63) is 0 Å². The Morgan fingerprint density at radius 2 is 2.05 bits per heavy atom. The second kappa shape index (κ2) is 7.84. The first-order chi connectivity index (χ1) is 9.40. The van der Waals surface area contributed by atoms with Gasteiger partial charge in [0, 0.05) is 0 Å². The molecule has 0 aromatic heterocycles. The van der Waals surface area contributed by atoms with E-state index >= 15 is 0 Å². The van der Waals surface area contributed by atoms with E-state index in [0.29, 0.717) is 6.42 Å². The highest BCUT2D eigenvalue weighted by Crippen LogP contribution is 2.08. The molecular formula is C13H24N4O3. The van der Waals surface area contributed by atoms with Crippen molar-refractivity contribution in [1.82, 2.24) is 16.0 Å². The molecule has 20 heavy (non-hydrogen) atoms.